The number of methoxy groups -OCH3 is 3. The summed E-state index contributed by atoms with van der Waals surface area (Å²) in [6.07, 6.45) is 1.84. The number of carbonyl (C=O) groups excluding carboxylic acids is 3. The van der Waals surface area contributed by atoms with Crippen molar-refractivity contribution in [3.05, 3.63) is 77.1 Å². The maximum Gasteiger partial charge on any atom is 0.357 e. The molecule has 0 spiro atoms. The molecule has 3 aromatic rings. The molecule has 1 heterocycles. The van der Waals surface area contributed by atoms with Gasteiger partial charge in [0.1, 0.15) is 12.3 Å². The van der Waals surface area contributed by atoms with Crippen LogP contribution in [0.3, 0.4) is 0 Å². The first kappa shape index (κ1) is 30.5. The van der Waals surface area contributed by atoms with Crippen LogP contribution in [-0.4, -0.2) is 82.2 Å². The Balaban J connectivity index is 1.76. The summed E-state index contributed by atoms with van der Waals surface area (Å²) in [5.74, 6) is -1.25. The quantitative estimate of drug-likeness (QED) is 0.157. The molecule has 1 aliphatic carbocycles. The Labute approximate surface area is 244 Å². The molecule has 0 atom stereocenters. The Kier molecular flexibility index (Phi) is 10.5. The molecule has 1 amide bonds. The molecule has 0 radical (unpaired) electrons. The van der Waals surface area contributed by atoms with Crippen LogP contribution in [0.2, 0.25) is 0 Å². The number of esters is 2. The van der Waals surface area contributed by atoms with Gasteiger partial charge < -0.3 is 33.3 Å². The molecule has 0 aliphatic heterocycles. The monoisotopic (exact) mass is 578 g/mol. The van der Waals surface area contributed by atoms with Crippen molar-refractivity contribution in [3.63, 3.8) is 0 Å². The lowest BCUT2D eigenvalue weighted by Crippen LogP contribution is -2.30. The summed E-state index contributed by atoms with van der Waals surface area (Å²) in [7, 11) is 5.91. The molecule has 1 saturated carbocycles. The first-order valence-corrected chi connectivity index (χ1v) is 13.4. The Bertz CT molecular complexity index is 1410. The van der Waals surface area contributed by atoms with Crippen molar-refractivity contribution in [2.45, 2.75) is 25.5 Å². The predicted molar refractivity (Wildman–Crippen MR) is 152 cm³/mol. The first-order valence-electron chi connectivity index (χ1n) is 13.4. The van der Waals surface area contributed by atoms with Gasteiger partial charge in [-0.15, -0.1) is 0 Å². The number of aromatic nitrogens is 1. The van der Waals surface area contributed by atoms with Crippen molar-refractivity contribution in [1.29, 1.82) is 0 Å². The van der Waals surface area contributed by atoms with Gasteiger partial charge in [0, 0.05) is 31.3 Å². The minimum absolute atomic E-state index is 0.0651. The molecule has 11 nitrogen and oxygen atoms in total. The Morgan fingerprint density at radius 1 is 0.905 bits per heavy atom. The van der Waals surface area contributed by atoms with Gasteiger partial charge in [-0.2, -0.15) is 0 Å². The van der Waals surface area contributed by atoms with E-state index in [0.29, 0.717) is 12.4 Å². The van der Waals surface area contributed by atoms with E-state index in [2.05, 4.69) is 4.98 Å². The number of nitrogens with zero attached hydrogens (tertiary/aromatic N) is 2. The van der Waals surface area contributed by atoms with Crippen LogP contribution in [0.5, 0.6) is 11.5 Å². The SMILES string of the molecule is COCCOCOC(=O)c1cc(OCc2ccccc2)c(OC)cc1-c1ccc(C(=O)N(C)C2CC2)nc1C(=O)OC. The maximum absolute atomic E-state index is 13.4. The van der Waals surface area contributed by atoms with Crippen molar-refractivity contribution < 1.29 is 42.8 Å². The van der Waals surface area contributed by atoms with Gasteiger partial charge >= 0.3 is 11.9 Å². The average Bonchev–Trinajstić information content (AvgIpc) is 3.88. The second-order valence-electron chi connectivity index (χ2n) is 9.51. The molecule has 11 heteroatoms. The molecular formula is C31H34N2O9. The molecule has 1 aromatic heterocycles. The molecule has 2 aromatic carbocycles. The summed E-state index contributed by atoms with van der Waals surface area (Å²) in [4.78, 5) is 45.3. The van der Waals surface area contributed by atoms with Crippen LogP contribution in [0, 0.1) is 0 Å². The molecule has 0 N–H and O–H groups in total. The number of amides is 1. The molecule has 42 heavy (non-hydrogen) atoms. The number of pyridine rings is 1. The summed E-state index contributed by atoms with van der Waals surface area (Å²) in [5.41, 5.74) is 1.43. The van der Waals surface area contributed by atoms with Gasteiger partial charge in [-0.3, -0.25) is 4.79 Å². The number of ether oxygens (including phenoxy) is 6. The molecule has 1 fully saturated rings. The van der Waals surface area contributed by atoms with Gasteiger partial charge in [-0.25, -0.2) is 14.6 Å². The van der Waals surface area contributed by atoms with Crippen molar-refractivity contribution in [3.8, 4) is 22.6 Å². The highest BCUT2D eigenvalue weighted by Gasteiger charge is 2.32. The second kappa shape index (κ2) is 14.4. The van der Waals surface area contributed by atoms with E-state index in [9.17, 15) is 14.4 Å². The van der Waals surface area contributed by atoms with Gasteiger partial charge in [0.05, 0.1) is 33.0 Å². The van der Waals surface area contributed by atoms with E-state index in [1.54, 1.807) is 24.1 Å². The van der Waals surface area contributed by atoms with Crippen LogP contribution < -0.4 is 9.47 Å². The van der Waals surface area contributed by atoms with E-state index < -0.39 is 11.9 Å². The minimum Gasteiger partial charge on any atom is -0.493 e. The fourth-order valence-electron chi connectivity index (χ4n) is 4.19. The highest BCUT2D eigenvalue weighted by Crippen LogP contribution is 2.38. The van der Waals surface area contributed by atoms with E-state index in [1.807, 2.05) is 30.3 Å². The fraction of sp³-hybridized carbons (Fsp3) is 0.355. The van der Waals surface area contributed by atoms with Crippen molar-refractivity contribution in [1.82, 2.24) is 9.88 Å². The zero-order chi connectivity index (χ0) is 30.1. The molecule has 0 unspecified atom stereocenters. The summed E-state index contributed by atoms with van der Waals surface area (Å²) in [6, 6.07) is 15.8. The van der Waals surface area contributed by atoms with E-state index in [1.165, 1.54) is 33.5 Å². The highest BCUT2D eigenvalue weighted by atomic mass is 16.7. The average molecular weight is 579 g/mol. The van der Waals surface area contributed by atoms with Crippen LogP contribution in [0.4, 0.5) is 0 Å². The van der Waals surface area contributed by atoms with Crippen LogP contribution in [0.1, 0.15) is 49.7 Å². The second-order valence-corrected chi connectivity index (χ2v) is 9.51. The largest absolute Gasteiger partial charge is 0.493 e. The first-order chi connectivity index (χ1) is 20.4. The van der Waals surface area contributed by atoms with Crippen LogP contribution >= 0.6 is 0 Å². The maximum atomic E-state index is 13.4. The Hall–Kier alpha value is -4.48. The highest BCUT2D eigenvalue weighted by molar-refractivity contribution is 6.04. The van der Waals surface area contributed by atoms with Crippen molar-refractivity contribution >= 4 is 17.8 Å². The zero-order valence-corrected chi connectivity index (χ0v) is 24.1. The number of rotatable bonds is 14. The summed E-state index contributed by atoms with van der Waals surface area (Å²) < 4.78 is 32.2. The molecule has 0 bridgehead atoms. The summed E-state index contributed by atoms with van der Waals surface area (Å²) >= 11 is 0. The molecule has 222 valence electrons. The van der Waals surface area contributed by atoms with E-state index in [4.69, 9.17) is 28.4 Å². The Morgan fingerprint density at radius 3 is 2.33 bits per heavy atom. The number of carbonyl (C=O) groups is 3. The standard InChI is InChI=1S/C31H34N2O9/c1-33(21-10-11-21)29(34)25-13-12-22(28(32-25)31(36)39-4)23-16-26(38-3)27(41-18-20-8-6-5-7-9-20)17-24(23)30(35)42-19-40-15-14-37-2/h5-9,12-13,16-17,21H,10-11,14-15,18-19H2,1-4H3. The van der Waals surface area contributed by atoms with Gasteiger partial charge in [0.2, 0.25) is 0 Å². The zero-order valence-electron chi connectivity index (χ0n) is 24.1. The van der Waals surface area contributed by atoms with Crippen LogP contribution in [-0.2, 0) is 25.6 Å². The minimum atomic E-state index is -0.778. The Morgan fingerprint density at radius 2 is 1.67 bits per heavy atom. The third-order valence-electron chi connectivity index (χ3n) is 6.66. The van der Waals surface area contributed by atoms with Gasteiger partial charge in [0.15, 0.2) is 24.0 Å². The van der Waals surface area contributed by atoms with Gasteiger partial charge in [-0.05, 0) is 42.7 Å². The van der Waals surface area contributed by atoms with Crippen LogP contribution in [0.15, 0.2) is 54.6 Å². The third-order valence-corrected chi connectivity index (χ3v) is 6.66. The number of hydrogen-bond acceptors (Lipinski definition) is 10. The lowest BCUT2D eigenvalue weighted by Gasteiger charge is -2.19. The van der Waals surface area contributed by atoms with E-state index in [-0.39, 0.29) is 65.8 Å². The lowest BCUT2D eigenvalue weighted by atomic mass is 9.96. The summed E-state index contributed by atoms with van der Waals surface area (Å²) in [6.45, 7) is 0.451. The fourth-order valence-corrected chi connectivity index (χ4v) is 4.19. The number of benzene rings is 2. The lowest BCUT2D eigenvalue weighted by molar-refractivity contribution is -0.0435. The van der Waals surface area contributed by atoms with Gasteiger partial charge in [0.25, 0.3) is 5.91 Å². The molecule has 0 saturated heterocycles. The molecular weight excluding hydrogens is 544 g/mol. The molecule has 4 rings (SSSR count). The van der Waals surface area contributed by atoms with Crippen LogP contribution in [0.25, 0.3) is 11.1 Å². The molecule has 1 aliphatic rings. The van der Waals surface area contributed by atoms with Gasteiger partial charge in [-0.1, -0.05) is 30.3 Å². The van der Waals surface area contributed by atoms with E-state index in [0.717, 1.165) is 18.4 Å². The summed E-state index contributed by atoms with van der Waals surface area (Å²) in [5, 5.41) is 0. The normalized spacial score (nSPS) is 12.4. The van der Waals surface area contributed by atoms with Crippen molar-refractivity contribution in [2.24, 2.45) is 0 Å². The third kappa shape index (κ3) is 7.42. The number of hydrogen-bond donors (Lipinski definition) is 0. The van der Waals surface area contributed by atoms with E-state index >= 15 is 0 Å². The van der Waals surface area contributed by atoms with Crippen molar-refractivity contribution in [2.75, 3.05) is 48.4 Å². The smallest absolute Gasteiger partial charge is 0.357 e. The predicted octanol–water partition coefficient (Wildman–Crippen LogP) is 4.13. The topological polar surface area (TPSA) is 123 Å².